The van der Waals surface area contributed by atoms with Crippen LogP contribution < -0.4 is 0 Å². The van der Waals surface area contributed by atoms with E-state index in [1.807, 2.05) is 29.9 Å². The third kappa shape index (κ3) is 3.85. The zero-order chi connectivity index (χ0) is 21.0. The summed E-state index contributed by atoms with van der Waals surface area (Å²) in [6.45, 7) is 9.61. The van der Waals surface area contributed by atoms with Gasteiger partial charge in [0, 0.05) is 43.6 Å². The molecule has 4 aromatic rings. The lowest BCUT2D eigenvalue weighted by atomic mass is 10.2. The van der Waals surface area contributed by atoms with Crippen molar-refractivity contribution in [3.05, 3.63) is 61.1 Å². The highest BCUT2D eigenvalue weighted by atomic mass is 35.5. The van der Waals surface area contributed by atoms with Gasteiger partial charge in [-0.3, -0.25) is 4.99 Å². The molecule has 0 aliphatic heterocycles. The Kier molecular flexibility index (Phi) is 6.26. The topological polar surface area (TPSA) is 81.2 Å². The minimum absolute atomic E-state index is 0.382. The van der Waals surface area contributed by atoms with E-state index in [2.05, 4.69) is 44.8 Å². The predicted octanol–water partition coefficient (Wildman–Crippen LogP) is 4.69. The lowest BCUT2D eigenvalue weighted by Gasteiger charge is -2.07. The second-order valence-corrected chi connectivity index (χ2v) is 7.04. The Morgan fingerprint density at radius 2 is 1.93 bits per heavy atom. The van der Waals surface area contributed by atoms with Gasteiger partial charge < -0.3 is 4.57 Å². The molecular formula is C20H18ClN7S. The van der Waals surface area contributed by atoms with E-state index in [0.717, 1.165) is 26.4 Å². The highest BCUT2D eigenvalue weighted by molar-refractivity contribution is 7.19. The molecule has 0 atom stereocenters. The van der Waals surface area contributed by atoms with Crippen molar-refractivity contribution in [2.24, 2.45) is 17.0 Å². The van der Waals surface area contributed by atoms with Crippen molar-refractivity contribution in [2.45, 2.75) is 0 Å². The van der Waals surface area contributed by atoms with Gasteiger partial charge in [0.2, 0.25) is 0 Å². The number of aromatic nitrogens is 5. The van der Waals surface area contributed by atoms with E-state index in [1.54, 1.807) is 19.4 Å². The number of rotatable bonds is 3. The highest BCUT2D eigenvalue weighted by Gasteiger charge is 2.19. The second-order valence-electron chi connectivity index (χ2n) is 5.69. The molecule has 4 aromatic heterocycles. The summed E-state index contributed by atoms with van der Waals surface area (Å²) < 4.78 is 2.02. The first-order valence-corrected chi connectivity index (χ1v) is 9.64. The number of amidine groups is 1. The van der Waals surface area contributed by atoms with Gasteiger partial charge in [-0.05, 0) is 18.9 Å². The van der Waals surface area contributed by atoms with Crippen LogP contribution in [0.4, 0.5) is 0 Å². The molecule has 0 amide bonds. The van der Waals surface area contributed by atoms with Crippen LogP contribution >= 0.6 is 22.9 Å². The third-order valence-electron chi connectivity index (χ3n) is 4.08. The zero-order valence-electron chi connectivity index (χ0n) is 16.0. The van der Waals surface area contributed by atoms with Gasteiger partial charge in [-0.15, -0.1) is 24.5 Å². The van der Waals surface area contributed by atoms with Crippen molar-refractivity contribution in [3.63, 3.8) is 0 Å². The van der Waals surface area contributed by atoms with Gasteiger partial charge in [-0.2, -0.15) is 0 Å². The molecule has 4 rings (SSSR count). The first kappa shape index (κ1) is 20.5. The smallest absolute Gasteiger partial charge is 0.173 e. The Labute approximate surface area is 177 Å². The Bertz CT molecular complexity index is 1190. The Hall–Kier alpha value is -3.23. The third-order valence-corrected chi connectivity index (χ3v) is 5.59. The van der Waals surface area contributed by atoms with Crippen molar-refractivity contribution >= 4 is 46.4 Å². The summed E-state index contributed by atoms with van der Waals surface area (Å²) in [5.41, 5.74) is 3.16. The van der Waals surface area contributed by atoms with E-state index in [9.17, 15) is 0 Å². The summed E-state index contributed by atoms with van der Waals surface area (Å²) >= 11 is 7.88. The van der Waals surface area contributed by atoms with E-state index in [0.29, 0.717) is 22.4 Å². The van der Waals surface area contributed by atoms with Crippen LogP contribution in [0.15, 0.2) is 60.2 Å². The standard InChI is InChI=1S/C18H14ClN7S.C2H4/c1-20-17(21-2)14-11-4-5-26(3)13(11)6-12(24-14)15-16(19)25-18(27-15)10-7-22-9-23-8-10;1-2/h4-9H,1H2,2-3H3;1-2H2. The van der Waals surface area contributed by atoms with Crippen LogP contribution in [0.3, 0.4) is 0 Å². The number of aliphatic imine (C=N–C) groups is 2. The maximum absolute atomic E-state index is 6.44. The quantitative estimate of drug-likeness (QED) is 0.272. The van der Waals surface area contributed by atoms with Crippen molar-refractivity contribution in [1.82, 2.24) is 24.5 Å². The van der Waals surface area contributed by atoms with E-state index < -0.39 is 0 Å². The van der Waals surface area contributed by atoms with E-state index in [4.69, 9.17) is 16.6 Å². The van der Waals surface area contributed by atoms with Crippen LogP contribution in [-0.2, 0) is 7.05 Å². The summed E-state index contributed by atoms with van der Waals surface area (Å²) in [5.74, 6) is 0.477. The van der Waals surface area contributed by atoms with Gasteiger partial charge in [-0.25, -0.2) is 24.9 Å². The van der Waals surface area contributed by atoms with Crippen LogP contribution in [0.5, 0.6) is 0 Å². The molecule has 29 heavy (non-hydrogen) atoms. The average molecular weight is 424 g/mol. The monoisotopic (exact) mass is 423 g/mol. The molecule has 0 aromatic carbocycles. The number of nitrogens with zero attached hydrogens (tertiary/aromatic N) is 7. The number of halogens is 1. The van der Waals surface area contributed by atoms with Crippen LogP contribution in [0.25, 0.3) is 32.0 Å². The van der Waals surface area contributed by atoms with Crippen LogP contribution in [0.1, 0.15) is 5.69 Å². The molecule has 9 heteroatoms. The highest BCUT2D eigenvalue weighted by Crippen LogP contribution is 2.38. The minimum Gasteiger partial charge on any atom is -0.350 e. The van der Waals surface area contributed by atoms with Crippen molar-refractivity contribution in [3.8, 4) is 21.1 Å². The van der Waals surface area contributed by atoms with Crippen LogP contribution in [0.2, 0.25) is 5.15 Å². The fourth-order valence-electron chi connectivity index (χ4n) is 2.80. The molecule has 4 heterocycles. The van der Waals surface area contributed by atoms with Gasteiger partial charge in [-0.1, -0.05) is 11.6 Å². The summed E-state index contributed by atoms with van der Waals surface area (Å²) in [6, 6.07) is 3.97. The Morgan fingerprint density at radius 3 is 2.59 bits per heavy atom. The summed E-state index contributed by atoms with van der Waals surface area (Å²) in [6.07, 6.45) is 6.85. The number of fused-ring (bicyclic) bond motifs is 1. The molecule has 146 valence electrons. The fraction of sp³-hybridized carbons (Fsp3) is 0.100. The average Bonchev–Trinajstić information content (AvgIpc) is 3.34. The van der Waals surface area contributed by atoms with Gasteiger partial charge in [0.15, 0.2) is 5.84 Å². The lowest BCUT2D eigenvalue weighted by molar-refractivity contribution is 0.968. The Morgan fingerprint density at radius 1 is 1.21 bits per heavy atom. The zero-order valence-corrected chi connectivity index (χ0v) is 17.6. The Balaban J connectivity index is 0.00000117. The maximum atomic E-state index is 6.44. The molecule has 0 saturated heterocycles. The summed E-state index contributed by atoms with van der Waals surface area (Å²) in [4.78, 5) is 26.3. The molecule has 0 spiro atoms. The second kappa shape index (κ2) is 8.85. The molecule has 0 N–H and O–H groups in total. The molecule has 0 unspecified atom stereocenters. The molecule has 0 saturated carbocycles. The minimum atomic E-state index is 0.382. The molecule has 0 bridgehead atoms. The van der Waals surface area contributed by atoms with Crippen LogP contribution in [0, 0.1) is 0 Å². The molecule has 0 radical (unpaired) electrons. The maximum Gasteiger partial charge on any atom is 0.173 e. The molecule has 0 fully saturated rings. The summed E-state index contributed by atoms with van der Waals surface area (Å²) in [5, 5.41) is 2.07. The van der Waals surface area contributed by atoms with Gasteiger partial charge >= 0.3 is 0 Å². The van der Waals surface area contributed by atoms with E-state index >= 15 is 0 Å². The molecule has 7 nitrogen and oxygen atoms in total. The van der Waals surface area contributed by atoms with Gasteiger partial charge in [0.25, 0.3) is 0 Å². The number of pyridine rings is 1. The number of hydrogen-bond acceptors (Lipinski definition) is 6. The van der Waals surface area contributed by atoms with Crippen molar-refractivity contribution < 1.29 is 0 Å². The normalized spacial score (nSPS) is 11.2. The van der Waals surface area contributed by atoms with E-state index in [1.165, 1.54) is 17.7 Å². The van der Waals surface area contributed by atoms with E-state index in [-0.39, 0.29) is 0 Å². The lowest BCUT2D eigenvalue weighted by Crippen LogP contribution is -2.03. The van der Waals surface area contributed by atoms with Gasteiger partial charge in [0.05, 0.1) is 16.1 Å². The first-order chi connectivity index (χ1) is 14.1. The fourth-order valence-corrected chi connectivity index (χ4v) is 4.03. The molecule has 0 aliphatic carbocycles. The van der Waals surface area contributed by atoms with Gasteiger partial charge in [0.1, 0.15) is 22.2 Å². The van der Waals surface area contributed by atoms with Crippen molar-refractivity contribution in [1.29, 1.82) is 0 Å². The number of aryl methyl sites for hydroxylation is 1. The number of thiazole rings is 1. The predicted molar refractivity (Wildman–Crippen MR) is 121 cm³/mol. The summed E-state index contributed by atoms with van der Waals surface area (Å²) in [7, 11) is 3.64. The number of hydrogen-bond donors (Lipinski definition) is 0. The SMILES string of the molecule is C=C.C=NC(=NC)c1nc(-c2sc(-c3cncnc3)nc2Cl)cc2c1ccn2C. The first-order valence-electron chi connectivity index (χ1n) is 8.44. The molecular weight excluding hydrogens is 406 g/mol. The van der Waals surface area contributed by atoms with Crippen LogP contribution in [-0.4, -0.2) is 44.1 Å². The largest absolute Gasteiger partial charge is 0.350 e. The molecule has 0 aliphatic rings. The van der Waals surface area contributed by atoms with Crippen molar-refractivity contribution in [2.75, 3.05) is 7.05 Å².